The van der Waals surface area contributed by atoms with Crippen LogP contribution < -0.4 is 11.1 Å². The van der Waals surface area contributed by atoms with Crippen molar-refractivity contribution in [3.63, 3.8) is 0 Å². The van der Waals surface area contributed by atoms with Crippen LogP contribution in [0.5, 0.6) is 0 Å². The molecule has 0 aliphatic carbocycles. The first-order valence-corrected chi connectivity index (χ1v) is 6.52. The smallest absolute Gasteiger partial charge is 0.132 e. The van der Waals surface area contributed by atoms with Gasteiger partial charge in [0.25, 0.3) is 0 Å². The maximum absolute atomic E-state index is 5.78. The molecule has 5 heteroatoms. The summed E-state index contributed by atoms with van der Waals surface area (Å²) in [7, 11) is 0. The lowest BCUT2D eigenvalue weighted by molar-refractivity contribution is -0.0553. The van der Waals surface area contributed by atoms with Gasteiger partial charge in [-0.15, -0.1) is 0 Å². The minimum atomic E-state index is -0.0674. The Bertz CT molecular complexity index is 419. The largest absolute Gasteiger partial charge is 0.384 e. The van der Waals surface area contributed by atoms with E-state index < -0.39 is 0 Å². The molecule has 0 radical (unpaired) electrons. The van der Waals surface area contributed by atoms with Crippen LogP contribution in [0.4, 0.5) is 11.6 Å². The van der Waals surface area contributed by atoms with Gasteiger partial charge in [0.1, 0.15) is 17.5 Å². The van der Waals surface area contributed by atoms with Gasteiger partial charge in [-0.3, -0.25) is 0 Å². The van der Waals surface area contributed by atoms with Crippen LogP contribution in [0.15, 0.2) is 6.07 Å². The summed E-state index contributed by atoms with van der Waals surface area (Å²) in [5.74, 6) is 2.13. The summed E-state index contributed by atoms with van der Waals surface area (Å²) in [5.41, 5.74) is 5.71. The average molecular weight is 250 g/mol. The first-order chi connectivity index (χ1) is 8.48. The molecule has 2 heterocycles. The second-order valence-electron chi connectivity index (χ2n) is 5.39. The lowest BCUT2D eigenvalue weighted by atomic mass is 9.94. The number of nitrogen functional groups attached to an aromatic ring is 1. The highest BCUT2D eigenvalue weighted by Gasteiger charge is 2.28. The number of anilines is 2. The molecule has 5 nitrogen and oxygen atoms in total. The van der Waals surface area contributed by atoms with Crippen molar-refractivity contribution in [1.82, 2.24) is 9.97 Å². The maximum Gasteiger partial charge on any atom is 0.132 e. The molecule has 1 saturated heterocycles. The molecule has 3 N–H and O–H groups in total. The number of nitrogens with zero attached hydrogens (tertiary/aromatic N) is 2. The van der Waals surface area contributed by atoms with Gasteiger partial charge in [0.15, 0.2) is 0 Å². The number of ether oxygens (including phenoxy) is 1. The topological polar surface area (TPSA) is 73.1 Å². The molecule has 0 aromatic carbocycles. The van der Waals surface area contributed by atoms with E-state index >= 15 is 0 Å². The van der Waals surface area contributed by atoms with Gasteiger partial charge < -0.3 is 15.8 Å². The lowest BCUT2D eigenvalue weighted by Gasteiger charge is -2.36. The third kappa shape index (κ3) is 3.32. The van der Waals surface area contributed by atoms with Crippen LogP contribution in [0.1, 0.15) is 39.4 Å². The Morgan fingerprint density at radius 2 is 2.28 bits per heavy atom. The van der Waals surface area contributed by atoms with Crippen molar-refractivity contribution in [1.29, 1.82) is 0 Å². The van der Waals surface area contributed by atoms with Crippen LogP contribution >= 0.6 is 0 Å². The number of rotatable bonds is 3. The van der Waals surface area contributed by atoms with E-state index in [0.717, 1.165) is 37.5 Å². The summed E-state index contributed by atoms with van der Waals surface area (Å²) in [6, 6.07) is 2.18. The van der Waals surface area contributed by atoms with E-state index in [1.165, 1.54) is 0 Å². The second-order valence-corrected chi connectivity index (χ2v) is 5.39. The van der Waals surface area contributed by atoms with Crippen LogP contribution in [-0.4, -0.2) is 28.2 Å². The van der Waals surface area contributed by atoms with Gasteiger partial charge >= 0.3 is 0 Å². The molecule has 0 spiro atoms. The fourth-order valence-electron chi connectivity index (χ4n) is 2.31. The number of aryl methyl sites for hydroxylation is 1. The third-order valence-corrected chi connectivity index (χ3v) is 3.16. The van der Waals surface area contributed by atoms with Gasteiger partial charge in [0, 0.05) is 25.1 Å². The van der Waals surface area contributed by atoms with Gasteiger partial charge in [-0.2, -0.15) is 0 Å². The summed E-state index contributed by atoms with van der Waals surface area (Å²) in [6.07, 6.45) is 2.76. The zero-order chi connectivity index (χ0) is 13.2. The minimum Gasteiger partial charge on any atom is -0.384 e. The number of hydrogen-bond acceptors (Lipinski definition) is 5. The number of nitrogens with two attached hydrogens (primary N) is 1. The summed E-state index contributed by atoms with van der Waals surface area (Å²) in [4.78, 5) is 8.63. The Labute approximate surface area is 108 Å². The van der Waals surface area contributed by atoms with Crippen LogP contribution in [0.3, 0.4) is 0 Å². The normalized spacial score (nSPS) is 22.7. The first-order valence-electron chi connectivity index (χ1n) is 6.52. The van der Waals surface area contributed by atoms with Gasteiger partial charge in [-0.05, 0) is 26.7 Å². The fraction of sp³-hybridized carbons (Fsp3) is 0.692. The molecular formula is C13H22N4O. The van der Waals surface area contributed by atoms with E-state index in [1.54, 1.807) is 6.07 Å². The maximum atomic E-state index is 5.78. The molecule has 0 saturated carbocycles. The van der Waals surface area contributed by atoms with E-state index in [-0.39, 0.29) is 5.60 Å². The molecule has 1 atom stereocenters. The van der Waals surface area contributed by atoms with Crippen LogP contribution in [-0.2, 0) is 11.2 Å². The number of nitrogens with one attached hydrogen (secondary N) is 1. The molecule has 1 aliphatic rings. The molecule has 2 rings (SSSR count). The fourth-order valence-corrected chi connectivity index (χ4v) is 2.31. The molecule has 1 aromatic rings. The molecule has 18 heavy (non-hydrogen) atoms. The molecular weight excluding hydrogens is 228 g/mol. The van der Waals surface area contributed by atoms with Gasteiger partial charge in [-0.25, -0.2) is 9.97 Å². The summed E-state index contributed by atoms with van der Waals surface area (Å²) < 4.78 is 5.70. The Hall–Kier alpha value is -1.36. The van der Waals surface area contributed by atoms with Gasteiger partial charge in [0.05, 0.1) is 5.60 Å². The molecule has 1 aliphatic heterocycles. The molecule has 1 fully saturated rings. The Balaban J connectivity index is 2.07. The van der Waals surface area contributed by atoms with E-state index in [0.29, 0.717) is 11.9 Å². The van der Waals surface area contributed by atoms with Crippen LogP contribution in [0.2, 0.25) is 0 Å². The molecule has 100 valence electrons. The van der Waals surface area contributed by atoms with Crippen molar-refractivity contribution in [3.05, 3.63) is 11.9 Å². The molecule has 0 amide bonds. The quantitative estimate of drug-likeness (QED) is 0.858. The molecule has 1 aromatic heterocycles. The highest BCUT2D eigenvalue weighted by atomic mass is 16.5. The van der Waals surface area contributed by atoms with Gasteiger partial charge in [-0.1, -0.05) is 6.92 Å². The van der Waals surface area contributed by atoms with Crippen molar-refractivity contribution >= 4 is 11.6 Å². The predicted octanol–water partition coefficient (Wildman–Crippen LogP) is 1.99. The Morgan fingerprint density at radius 1 is 1.50 bits per heavy atom. The number of hydrogen-bond donors (Lipinski definition) is 2. The monoisotopic (exact) mass is 250 g/mol. The summed E-state index contributed by atoms with van der Waals surface area (Å²) in [5, 5.41) is 3.44. The van der Waals surface area contributed by atoms with Crippen molar-refractivity contribution in [3.8, 4) is 0 Å². The average Bonchev–Trinajstić information content (AvgIpc) is 2.26. The zero-order valence-corrected chi connectivity index (χ0v) is 11.4. The zero-order valence-electron chi connectivity index (χ0n) is 11.4. The third-order valence-electron chi connectivity index (χ3n) is 3.16. The lowest BCUT2D eigenvalue weighted by Crippen LogP contribution is -2.40. The standard InChI is InChI=1S/C13H22N4O/c1-4-11-16-10(14)7-12(17-11)15-9-5-6-18-13(2,3)8-9/h7,9H,4-6,8H2,1-3H3,(H3,14,15,16,17). The summed E-state index contributed by atoms with van der Waals surface area (Å²) in [6.45, 7) is 7.04. The van der Waals surface area contributed by atoms with Crippen molar-refractivity contribution in [2.24, 2.45) is 0 Å². The SMILES string of the molecule is CCc1nc(N)cc(NC2CCOC(C)(C)C2)n1. The van der Waals surface area contributed by atoms with E-state index in [4.69, 9.17) is 10.5 Å². The molecule has 0 bridgehead atoms. The van der Waals surface area contributed by atoms with Crippen molar-refractivity contribution in [2.45, 2.75) is 51.7 Å². The van der Waals surface area contributed by atoms with E-state index in [9.17, 15) is 0 Å². The van der Waals surface area contributed by atoms with E-state index in [2.05, 4.69) is 29.1 Å². The van der Waals surface area contributed by atoms with Crippen LogP contribution in [0, 0.1) is 0 Å². The van der Waals surface area contributed by atoms with Gasteiger partial charge in [0.2, 0.25) is 0 Å². The molecule has 1 unspecified atom stereocenters. The van der Waals surface area contributed by atoms with Crippen molar-refractivity contribution < 1.29 is 4.74 Å². The van der Waals surface area contributed by atoms with Crippen LogP contribution in [0.25, 0.3) is 0 Å². The second kappa shape index (κ2) is 5.10. The Morgan fingerprint density at radius 3 is 2.94 bits per heavy atom. The van der Waals surface area contributed by atoms with E-state index in [1.807, 2.05) is 6.92 Å². The highest BCUT2D eigenvalue weighted by molar-refractivity contribution is 5.45. The van der Waals surface area contributed by atoms with Crippen molar-refractivity contribution in [2.75, 3.05) is 17.7 Å². The first kappa shape index (κ1) is 13.1. The highest BCUT2D eigenvalue weighted by Crippen LogP contribution is 2.26. The predicted molar refractivity (Wildman–Crippen MR) is 72.5 cm³/mol. The number of aromatic nitrogens is 2. The summed E-state index contributed by atoms with van der Waals surface area (Å²) >= 11 is 0. The Kier molecular flexibility index (Phi) is 3.71. The minimum absolute atomic E-state index is 0.0674.